The summed E-state index contributed by atoms with van der Waals surface area (Å²) in [6, 6.07) is 4.55. The highest BCUT2D eigenvalue weighted by molar-refractivity contribution is 9.10. The molecule has 0 saturated carbocycles. The average Bonchev–Trinajstić information content (AvgIpc) is 2.11. The zero-order valence-electron chi connectivity index (χ0n) is 7.81. The van der Waals surface area contributed by atoms with Gasteiger partial charge in [0.05, 0.1) is 6.04 Å². The molecule has 0 saturated heterocycles. The number of benzene rings is 1. The molecular weight excluding hydrogens is 252 g/mol. The van der Waals surface area contributed by atoms with Gasteiger partial charge in [-0.05, 0) is 25.0 Å². The van der Waals surface area contributed by atoms with Gasteiger partial charge in [-0.2, -0.15) is 0 Å². The second-order valence-electron chi connectivity index (χ2n) is 3.30. The largest absolute Gasteiger partial charge is 0.323 e. The summed E-state index contributed by atoms with van der Waals surface area (Å²) in [5.41, 5.74) is 7.17. The van der Waals surface area contributed by atoms with Gasteiger partial charge in [-0.1, -0.05) is 33.6 Å². The Kier molecular flexibility index (Phi) is 4.01. The van der Waals surface area contributed by atoms with E-state index in [9.17, 15) is 8.78 Å². The first-order valence-electron chi connectivity index (χ1n) is 4.29. The van der Waals surface area contributed by atoms with Gasteiger partial charge in [0, 0.05) is 4.47 Å². The predicted molar refractivity (Wildman–Crippen MR) is 56.6 cm³/mol. The summed E-state index contributed by atoms with van der Waals surface area (Å²) in [6.45, 7) is 1.92. The minimum Gasteiger partial charge on any atom is -0.323 e. The summed E-state index contributed by atoms with van der Waals surface area (Å²) < 4.78 is 25.2. The van der Waals surface area contributed by atoms with E-state index in [4.69, 9.17) is 5.73 Å². The monoisotopic (exact) mass is 263 g/mol. The van der Waals surface area contributed by atoms with Crippen LogP contribution < -0.4 is 5.73 Å². The van der Waals surface area contributed by atoms with E-state index >= 15 is 0 Å². The molecule has 0 heterocycles. The van der Waals surface area contributed by atoms with Crippen LogP contribution in [0.3, 0.4) is 0 Å². The van der Waals surface area contributed by atoms with Gasteiger partial charge in [-0.15, -0.1) is 0 Å². The SMILES string of the molecule is Cc1ccc(Br)c(CC(N)C(F)F)c1. The van der Waals surface area contributed by atoms with Crippen LogP contribution in [0, 0.1) is 6.92 Å². The lowest BCUT2D eigenvalue weighted by Gasteiger charge is -2.12. The molecule has 0 amide bonds. The van der Waals surface area contributed by atoms with Gasteiger partial charge in [0.2, 0.25) is 0 Å². The minimum absolute atomic E-state index is 0.194. The van der Waals surface area contributed by atoms with Crippen molar-refractivity contribution in [1.29, 1.82) is 0 Å². The fraction of sp³-hybridized carbons (Fsp3) is 0.400. The van der Waals surface area contributed by atoms with Gasteiger partial charge >= 0.3 is 0 Å². The number of hydrogen-bond acceptors (Lipinski definition) is 1. The van der Waals surface area contributed by atoms with E-state index in [2.05, 4.69) is 15.9 Å². The smallest absolute Gasteiger partial charge is 0.253 e. The summed E-state index contributed by atoms with van der Waals surface area (Å²) in [7, 11) is 0. The first-order chi connectivity index (χ1) is 6.50. The molecule has 0 aliphatic rings. The van der Waals surface area contributed by atoms with Crippen LogP contribution in [0.5, 0.6) is 0 Å². The molecule has 0 radical (unpaired) electrons. The number of halogens is 3. The van der Waals surface area contributed by atoms with E-state index in [-0.39, 0.29) is 6.42 Å². The average molecular weight is 264 g/mol. The highest BCUT2D eigenvalue weighted by atomic mass is 79.9. The molecule has 0 aliphatic heterocycles. The Bertz CT molecular complexity index is 315. The molecule has 1 atom stereocenters. The molecule has 4 heteroatoms. The second kappa shape index (κ2) is 4.84. The first kappa shape index (κ1) is 11.6. The molecule has 78 valence electrons. The molecule has 0 bridgehead atoms. The number of hydrogen-bond donors (Lipinski definition) is 1. The molecule has 1 unspecified atom stereocenters. The van der Waals surface area contributed by atoms with Crippen LogP contribution in [0.4, 0.5) is 8.78 Å². The van der Waals surface area contributed by atoms with E-state index in [1.54, 1.807) is 0 Å². The third kappa shape index (κ3) is 3.03. The molecule has 1 rings (SSSR count). The van der Waals surface area contributed by atoms with Crippen molar-refractivity contribution < 1.29 is 8.78 Å². The van der Waals surface area contributed by atoms with Crippen molar-refractivity contribution in [2.24, 2.45) is 5.73 Å². The molecule has 1 nitrogen and oxygen atoms in total. The van der Waals surface area contributed by atoms with E-state index < -0.39 is 12.5 Å². The van der Waals surface area contributed by atoms with Crippen LogP contribution in [0.2, 0.25) is 0 Å². The predicted octanol–water partition coefficient (Wildman–Crippen LogP) is 2.89. The van der Waals surface area contributed by atoms with E-state index in [1.807, 2.05) is 25.1 Å². The zero-order valence-corrected chi connectivity index (χ0v) is 9.39. The molecule has 0 fully saturated rings. The van der Waals surface area contributed by atoms with Gasteiger partial charge in [-0.3, -0.25) is 0 Å². The van der Waals surface area contributed by atoms with Crippen molar-refractivity contribution in [3.05, 3.63) is 33.8 Å². The summed E-state index contributed by atoms with van der Waals surface area (Å²) in [5, 5.41) is 0. The van der Waals surface area contributed by atoms with Crippen molar-refractivity contribution in [2.45, 2.75) is 25.8 Å². The standard InChI is InChI=1S/C10H12BrF2N/c1-6-2-3-8(11)7(4-6)5-9(14)10(12)13/h2-4,9-10H,5,14H2,1H3. The van der Waals surface area contributed by atoms with Crippen molar-refractivity contribution >= 4 is 15.9 Å². The highest BCUT2D eigenvalue weighted by Crippen LogP contribution is 2.20. The quantitative estimate of drug-likeness (QED) is 0.892. The second-order valence-corrected chi connectivity index (χ2v) is 4.15. The maximum Gasteiger partial charge on any atom is 0.253 e. The van der Waals surface area contributed by atoms with Crippen molar-refractivity contribution in [2.75, 3.05) is 0 Å². The Balaban J connectivity index is 2.80. The van der Waals surface area contributed by atoms with Crippen LogP contribution in [-0.4, -0.2) is 12.5 Å². The number of rotatable bonds is 3. The van der Waals surface area contributed by atoms with Crippen LogP contribution in [0.1, 0.15) is 11.1 Å². The Morgan fingerprint density at radius 2 is 2.07 bits per heavy atom. The van der Waals surface area contributed by atoms with Crippen LogP contribution in [0.15, 0.2) is 22.7 Å². The number of aryl methyl sites for hydroxylation is 1. The van der Waals surface area contributed by atoms with Gasteiger partial charge in [0.15, 0.2) is 0 Å². The van der Waals surface area contributed by atoms with Gasteiger partial charge in [0.1, 0.15) is 0 Å². The minimum atomic E-state index is -2.47. The fourth-order valence-corrected chi connectivity index (χ4v) is 1.61. The van der Waals surface area contributed by atoms with Gasteiger partial charge in [0.25, 0.3) is 6.43 Å². The summed E-state index contributed by atoms with van der Waals surface area (Å²) in [6.07, 6.45) is -2.28. The molecular formula is C10H12BrF2N. The number of alkyl halides is 2. The van der Waals surface area contributed by atoms with E-state index in [0.29, 0.717) is 0 Å². The lowest BCUT2D eigenvalue weighted by Crippen LogP contribution is -2.31. The van der Waals surface area contributed by atoms with Crippen LogP contribution >= 0.6 is 15.9 Å². The lowest BCUT2D eigenvalue weighted by atomic mass is 10.0. The third-order valence-electron chi connectivity index (χ3n) is 1.98. The molecule has 0 aromatic heterocycles. The zero-order chi connectivity index (χ0) is 10.7. The molecule has 1 aromatic rings. The normalized spacial score (nSPS) is 13.3. The molecule has 1 aromatic carbocycles. The highest BCUT2D eigenvalue weighted by Gasteiger charge is 2.16. The molecule has 2 N–H and O–H groups in total. The van der Waals surface area contributed by atoms with Crippen LogP contribution in [-0.2, 0) is 6.42 Å². The van der Waals surface area contributed by atoms with Crippen molar-refractivity contribution in [3.8, 4) is 0 Å². The Labute approximate surface area is 90.4 Å². The maximum atomic E-state index is 12.2. The van der Waals surface area contributed by atoms with Gasteiger partial charge in [-0.25, -0.2) is 8.78 Å². The van der Waals surface area contributed by atoms with Crippen LogP contribution in [0.25, 0.3) is 0 Å². The van der Waals surface area contributed by atoms with Crippen molar-refractivity contribution in [3.63, 3.8) is 0 Å². The summed E-state index contributed by atoms with van der Waals surface area (Å²) in [5.74, 6) is 0. The first-order valence-corrected chi connectivity index (χ1v) is 5.08. The van der Waals surface area contributed by atoms with Gasteiger partial charge < -0.3 is 5.73 Å². The third-order valence-corrected chi connectivity index (χ3v) is 2.75. The Morgan fingerprint density at radius 1 is 1.43 bits per heavy atom. The molecule has 0 aliphatic carbocycles. The Morgan fingerprint density at radius 3 is 2.64 bits per heavy atom. The fourth-order valence-electron chi connectivity index (χ4n) is 1.20. The lowest BCUT2D eigenvalue weighted by molar-refractivity contribution is 0.116. The topological polar surface area (TPSA) is 26.0 Å². The molecule has 14 heavy (non-hydrogen) atoms. The molecule has 0 spiro atoms. The van der Waals surface area contributed by atoms with E-state index in [1.165, 1.54) is 0 Å². The number of nitrogens with two attached hydrogens (primary N) is 1. The maximum absolute atomic E-state index is 12.2. The summed E-state index contributed by atoms with van der Waals surface area (Å²) >= 11 is 3.31. The van der Waals surface area contributed by atoms with Crippen molar-refractivity contribution in [1.82, 2.24) is 0 Å². The Hall–Kier alpha value is -0.480. The summed E-state index contributed by atoms with van der Waals surface area (Å²) in [4.78, 5) is 0. The van der Waals surface area contributed by atoms with E-state index in [0.717, 1.165) is 15.6 Å².